The summed E-state index contributed by atoms with van der Waals surface area (Å²) in [5.41, 5.74) is 0. The lowest BCUT2D eigenvalue weighted by Gasteiger charge is -2.18. The molecule has 1 N–H and O–H groups in total. The Bertz CT molecular complexity index is 570. The maximum absolute atomic E-state index is 11.2. The molecular formula is C10H18N4O4S2. The number of thioether (sulfide) groups is 1. The Morgan fingerprint density at radius 1 is 1.45 bits per heavy atom. The SMILES string of the molecule is CCn1c(SCC(=O)O)nnc1N(C)CCS(C)(=O)=O. The van der Waals surface area contributed by atoms with E-state index in [0.717, 1.165) is 11.8 Å². The van der Waals surface area contributed by atoms with Gasteiger partial charge >= 0.3 is 5.97 Å². The molecule has 0 fully saturated rings. The smallest absolute Gasteiger partial charge is 0.313 e. The minimum Gasteiger partial charge on any atom is -0.481 e. The zero-order valence-electron chi connectivity index (χ0n) is 11.6. The van der Waals surface area contributed by atoms with E-state index in [1.54, 1.807) is 16.5 Å². The van der Waals surface area contributed by atoms with Crippen LogP contribution in [0.2, 0.25) is 0 Å². The van der Waals surface area contributed by atoms with Crippen LogP contribution < -0.4 is 4.90 Å². The molecule has 0 spiro atoms. The zero-order valence-corrected chi connectivity index (χ0v) is 13.2. The quantitative estimate of drug-likeness (QED) is 0.664. The van der Waals surface area contributed by atoms with Crippen molar-refractivity contribution >= 4 is 33.5 Å². The highest BCUT2D eigenvalue weighted by molar-refractivity contribution is 7.99. The molecule has 1 aromatic rings. The lowest BCUT2D eigenvalue weighted by atomic mass is 10.6. The third-order valence-electron chi connectivity index (χ3n) is 2.48. The number of rotatable bonds is 8. The van der Waals surface area contributed by atoms with Crippen LogP contribution in [0.5, 0.6) is 0 Å². The van der Waals surface area contributed by atoms with Gasteiger partial charge in [-0.2, -0.15) is 0 Å². The fraction of sp³-hybridized carbons (Fsp3) is 0.700. The molecule has 114 valence electrons. The summed E-state index contributed by atoms with van der Waals surface area (Å²) in [4.78, 5) is 12.3. The summed E-state index contributed by atoms with van der Waals surface area (Å²) in [6.07, 6.45) is 1.18. The number of carboxylic acid groups (broad SMARTS) is 1. The van der Waals surface area contributed by atoms with Gasteiger partial charge in [0.1, 0.15) is 9.84 Å². The second-order valence-corrected chi connectivity index (χ2v) is 7.46. The van der Waals surface area contributed by atoms with Crippen LogP contribution in [0, 0.1) is 0 Å². The minimum absolute atomic E-state index is 0.0255. The molecule has 0 bridgehead atoms. The van der Waals surface area contributed by atoms with Crippen LogP contribution in [-0.2, 0) is 21.2 Å². The van der Waals surface area contributed by atoms with Gasteiger partial charge in [0.05, 0.1) is 11.5 Å². The van der Waals surface area contributed by atoms with E-state index in [-0.39, 0.29) is 11.5 Å². The van der Waals surface area contributed by atoms with Crippen molar-refractivity contribution in [3.8, 4) is 0 Å². The highest BCUT2D eigenvalue weighted by Crippen LogP contribution is 2.21. The molecule has 10 heteroatoms. The van der Waals surface area contributed by atoms with Gasteiger partial charge in [-0.3, -0.25) is 9.36 Å². The molecule has 20 heavy (non-hydrogen) atoms. The van der Waals surface area contributed by atoms with Gasteiger partial charge in [0.15, 0.2) is 5.16 Å². The van der Waals surface area contributed by atoms with Gasteiger partial charge < -0.3 is 10.0 Å². The summed E-state index contributed by atoms with van der Waals surface area (Å²) in [5.74, 6) is -0.459. The number of hydrogen-bond acceptors (Lipinski definition) is 7. The first kappa shape index (κ1) is 16.8. The first-order valence-corrected chi connectivity index (χ1v) is 8.96. The molecule has 8 nitrogen and oxygen atoms in total. The van der Waals surface area contributed by atoms with Crippen molar-refractivity contribution in [2.45, 2.75) is 18.6 Å². The van der Waals surface area contributed by atoms with Crippen LogP contribution in [0.25, 0.3) is 0 Å². The Morgan fingerprint density at radius 3 is 2.60 bits per heavy atom. The summed E-state index contributed by atoms with van der Waals surface area (Å²) in [5, 5.41) is 17.1. The zero-order chi connectivity index (χ0) is 15.3. The standard InChI is InChI=1S/C10H18N4O4S2/c1-4-14-9(13(2)5-6-20(3,17)18)11-12-10(14)19-7-8(15)16/h4-7H2,1-3H3,(H,15,16). The minimum atomic E-state index is -3.04. The number of hydrogen-bond donors (Lipinski definition) is 1. The predicted octanol–water partition coefficient (Wildman–Crippen LogP) is -0.0445. The number of nitrogens with zero attached hydrogens (tertiary/aromatic N) is 4. The molecule has 0 saturated heterocycles. The van der Waals surface area contributed by atoms with Crippen molar-refractivity contribution < 1.29 is 18.3 Å². The number of aliphatic carboxylic acids is 1. The second-order valence-electron chi connectivity index (χ2n) is 4.26. The lowest BCUT2D eigenvalue weighted by molar-refractivity contribution is -0.133. The highest BCUT2D eigenvalue weighted by atomic mass is 32.2. The number of aromatic nitrogens is 3. The number of sulfone groups is 1. The van der Waals surface area contributed by atoms with Crippen molar-refractivity contribution in [3.63, 3.8) is 0 Å². The Labute approximate surface area is 122 Å². The maximum atomic E-state index is 11.2. The van der Waals surface area contributed by atoms with Gasteiger partial charge in [0.25, 0.3) is 0 Å². The fourth-order valence-corrected chi connectivity index (χ4v) is 2.80. The maximum Gasteiger partial charge on any atom is 0.313 e. The molecular weight excluding hydrogens is 304 g/mol. The van der Waals surface area contributed by atoms with Crippen molar-refractivity contribution in [2.75, 3.05) is 36.3 Å². The summed E-state index contributed by atoms with van der Waals surface area (Å²) in [6.45, 7) is 2.77. The van der Waals surface area contributed by atoms with E-state index in [9.17, 15) is 13.2 Å². The normalized spacial score (nSPS) is 11.6. The predicted molar refractivity (Wildman–Crippen MR) is 77.0 cm³/mol. The molecule has 0 aromatic carbocycles. The third-order valence-corrected chi connectivity index (χ3v) is 4.35. The molecule has 1 rings (SSSR count). The highest BCUT2D eigenvalue weighted by Gasteiger charge is 2.16. The van der Waals surface area contributed by atoms with Crippen LogP contribution in [0.1, 0.15) is 6.92 Å². The number of carbonyl (C=O) groups is 1. The molecule has 0 atom stereocenters. The third kappa shape index (κ3) is 5.00. The van der Waals surface area contributed by atoms with Crippen molar-refractivity contribution in [1.82, 2.24) is 14.8 Å². The Morgan fingerprint density at radius 2 is 2.10 bits per heavy atom. The van der Waals surface area contributed by atoms with Crippen molar-refractivity contribution in [1.29, 1.82) is 0 Å². The van der Waals surface area contributed by atoms with Crippen LogP contribution in [-0.4, -0.2) is 65.6 Å². The van der Waals surface area contributed by atoms with Crippen molar-refractivity contribution in [2.24, 2.45) is 0 Å². The van der Waals surface area contributed by atoms with Gasteiger partial charge in [-0.15, -0.1) is 10.2 Å². The van der Waals surface area contributed by atoms with Gasteiger partial charge in [-0.1, -0.05) is 11.8 Å². The Kier molecular flexibility index (Phi) is 5.81. The summed E-state index contributed by atoms with van der Waals surface area (Å²) in [6, 6.07) is 0. The molecule has 1 heterocycles. The first-order valence-electron chi connectivity index (χ1n) is 5.91. The monoisotopic (exact) mass is 322 g/mol. The average molecular weight is 322 g/mol. The fourth-order valence-electron chi connectivity index (χ4n) is 1.48. The van der Waals surface area contributed by atoms with Crippen LogP contribution >= 0.6 is 11.8 Å². The van der Waals surface area contributed by atoms with E-state index < -0.39 is 15.8 Å². The van der Waals surface area contributed by atoms with Crippen LogP contribution in [0.4, 0.5) is 5.95 Å². The second kappa shape index (κ2) is 6.93. The molecule has 0 amide bonds. The molecule has 0 radical (unpaired) electrons. The molecule has 0 saturated carbocycles. The largest absolute Gasteiger partial charge is 0.481 e. The molecule has 0 aliphatic carbocycles. The van der Waals surface area contributed by atoms with Gasteiger partial charge in [-0.25, -0.2) is 8.42 Å². The van der Waals surface area contributed by atoms with E-state index in [1.807, 2.05) is 6.92 Å². The number of anilines is 1. The van der Waals surface area contributed by atoms with Gasteiger partial charge in [-0.05, 0) is 6.92 Å². The Balaban J connectivity index is 2.81. The first-order chi connectivity index (χ1) is 9.24. The average Bonchev–Trinajstić information content (AvgIpc) is 2.75. The molecule has 0 aliphatic heterocycles. The van der Waals surface area contributed by atoms with E-state index in [1.165, 1.54) is 6.26 Å². The van der Waals surface area contributed by atoms with E-state index in [4.69, 9.17) is 5.11 Å². The van der Waals surface area contributed by atoms with Gasteiger partial charge in [0, 0.05) is 26.4 Å². The van der Waals surface area contributed by atoms with Crippen LogP contribution in [0.3, 0.4) is 0 Å². The lowest BCUT2D eigenvalue weighted by Crippen LogP contribution is -2.27. The molecule has 0 unspecified atom stereocenters. The van der Waals surface area contributed by atoms with Crippen molar-refractivity contribution in [3.05, 3.63) is 0 Å². The topological polar surface area (TPSA) is 105 Å². The summed E-state index contributed by atoms with van der Waals surface area (Å²) >= 11 is 1.09. The molecule has 0 aliphatic rings. The summed E-state index contributed by atoms with van der Waals surface area (Å²) in [7, 11) is -1.31. The van der Waals surface area contributed by atoms with E-state index in [0.29, 0.717) is 24.2 Å². The summed E-state index contributed by atoms with van der Waals surface area (Å²) < 4.78 is 24.1. The van der Waals surface area contributed by atoms with E-state index >= 15 is 0 Å². The van der Waals surface area contributed by atoms with Crippen LogP contribution in [0.15, 0.2) is 5.16 Å². The van der Waals surface area contributed by atoms with Gasteiger partial charge in [0.2, 0.25) is 5.95 Å². The molecule has 1 aromatic heterocycles. The number of carboxylic acids is 1. The van der Waals surface area contributed by atoms with E-state index in [2.05, 4.69) is 10.2 Å². The Hall–Kier alpha value is -1.29.